The molecule has 1 unspecified atom stereocenters. The third kappa shape index (κ3) is 8.04. The molecule has 12 heteroatoms. The van der Waals surface area contributed by atoms with E-state index >= 15 is 0 Å². The van der Waals surface area contributed by atoms with Gasteiger partial charge >= 0.3 is 12.2 Å². The van der Waals surface area contributed by atoms with Gasteiger partial charge in [-0.1, -0.05) is 74.5 Å². The fourth-order valence-electron chi connectivity index (χ4n) is 7.73. The number of carbonyl (C=O) groups excluding carboxylic acids is 3. The molecule has 0 spiro atoms. The molecule has 3 amide bonds. The minimum atomic E-state index is -0.655. The minimum Gasteiger partial charge on any atom is -0.453 e. The van der Waals surface area contributed by atoms with Crippen molar-refractivity contribution in [3.63, 3.8) is 0 Å². The first kappa shape index (κ1) is 37.5. The van der Waals surface area contributed by atoms with E-state index in [4.69, 9.17) is 9.47 Å². The van der Waals surface area contributed by atoms with Crippen LogP contribution >= 0.6 is 0 Å². The third-order valence-electron chi connectivity index (χ3n) is 10.5. The summed E-state index contributed by atoms with van der Waals surface area (Å²) < 4.78 is 10.4. The van der Waals surface area contributed by atoms with Gasteiger partial charge in [0.15, 0.2) is 0 Å². The smallest absolute Gasteiger partial charge is 0.411 e. The first-order valence-corrected chi connectivity index (χ1v) is 19.0. The summed E-state index contributed by atoms with van der Waals surface area (Å²) in [7, 11) is 1.30. The molecule has 4 heterocycles. The van der Waals surface area contributed by atoms with Crippen molar-refractivity contribution in [2.45, 2.75) is 83.8 Å². The number of nitrogens with one attached hydrogen (secondary N) is 4. The Hall–Kier alpha value is -5.78. The lowest BCUT2D eigenvalue weighted by molar-refractivity contribution is -0.135. The van der Waals surface area contributed by atoms with Crippen LogP contribution < -0.4 is 16.0 Å². The molecule has 4 aromatic rings. The zero-order valence-electron chi connectivity index (χ0n) is 32.4. The highest BCUT2D eigenvalue weighted by Crippen LogP contribution is 2.36. The molecule has 2 fully saturated rings. The molecule has 3 aliphatic rings. The third-order valence-corrected chi connectivity index (χ3v) is 10.5. The molecule has 3 aromatic carbocycles. The molecule has 0 aliphatic carbocycles. The monoisotopic (exact) mass is 745 g/mol. The van der Waals surface area contributed by atoms with Crippen LogP contribution in [-0.4, -0.2) is 81.9 Å². The Kier molecular flexibility index (Phi) is 10.3. The second kappa shape index (κ2) is 15.2. The molecule has 0 bridgehead atoms. The van der Waals surface area contributed by atoms with E-state index in [2.05, 4.69) is 93.2 Å². The summed E-state index contributed by atoms with van der Waals surface area (Å²) in [5.74, 6) is 0.544. The summed E-state index contributed by atoms with van der Waals surface area (Å²) in [6.45, 7) is 14.6. The van der Waals surface area contributed by atoms with Crippen LogP contribution in [0, 0.1) is 5.92 Å². The zero-order valence-corrected chi connectivity index (χ0v) is 32.4. The number of alkyl carbamates (subject to hydrolysis) is 1. The van der Waals surface area contributed by atoms with E-state index in [1.807, 2.05) is 51.9 Å². The summed E-state index contributed by atoms with van der Waals surface area (Å²) in [4.78, 5) is 50.2. The van der Waals surface area contributed by atoms with E-state index in [1.54, 1.807) is 4.90 Å². The average molecular weight is 746 g/mol. The van der Waals surface area contributed by atoms with Gasteiger partial charge in [0.1, 0.15) is 23.6 Å². The van der Waals surface area contributed by atoms with Gasteiger partial charge in [-0.3, -0.25) is 9.69 Å². The molecule has 12 nitrogen and oxygen atoms in total. The van der Waals surface area contributed by atoms with Crippen molar-refractivity contribution < 1.29 is 23.9 Å². The number of H-pyrrole nitrogens is 1. The highest BCUT2D eigenvalue weighted by atomic mass is 16.6. The number of nitrogens with zero attached hydrogens (tertiary/aromatic N) is 3. The molecule has 7 rings (SSSR count). The molecule has 4 atom stereocenters. The summed E-state index contributed by atoms with van der Waals surface area (Å²) in [6.07, 6.45) is 5.08. The number of aromatic nitrogens is 2. The quantitative estimate of drug-likeness (QED) is 0.138. The van der Waals surface area contributed by atoms with Gasteiger partial charge in [-0.25, -0.2) is 14.6 Å². The van der Waals surface area contributed by atoms with Gasteiger partial charge in [0.25, 0.3) is 0 Å². The summed E-state index contributed by atoms with van der Waals surface area (Å²) in [5, 5.41) is 12.1. The molecule has 0 saturated carbocycles. The summed E-state index contributed by atoms with van der Waals surface area (Å²) >= 11 is 0. The van der Waals surface area contributed by atoms with Crippen LogP contribution in [0.4, 0.5) is 9.59 Å². The van der Waals surface area contributed by atoms with Crippen LogP contribution in [-0.2, 0) is 14.3 Å². The Morgan fingerprint density at radius 3 is 2.31 bits per heavy atom. The molecule has 2 saturated heterocycles. The topological polar surface area (TPSA) is 141 Å². The van der Waals surface area contributed by atoms with Gasteiger partial charge in [-0.15, -0.1) is 0 Å². The number of benzene rings is 3. The Balaban J connectivity index is 1.00. The SMILES string of the molecule is C=C1C[C@@H](c2ncc(-c3ccc(-c4ccc5cc(C6=CNC([C@@H]7CCCN7C(=O)[C@@H](NC(=O)OC)C(C)C)N6)ccc5c4)cc3)[nH]2)N(C(=O)OC(C)(C)C)C1. The van der Waals surface area contributed by atoms with Gasteiger partial charge in [-0.2, -0.15) is 0 Å². The van der Waals surface area contributed by atoms with E-state index < -0.39 is 17.7 Å². The Morgan fingerprint density at radius 2 is 1.62 bits per heavy atom. The van der Waals surface area contributed by atoms with Gasteiger partial charge < -0.3 is 35.3 Å². The number of fused-ring (bicyclic) bond motifs is 1. The number of rotatable bonds is 8. The lowest BCUT2D eigenvalue weighted by Gasteiger charge is -2.34. The van der Waals surface area contributed by atoms with Crippen LogP contribution in [0.3, 0.4) is 0 Å². The lowest BCUT2D eigenvalue weighted by Crippen LogP contribution is -2.57. The molecule has 0 radical (unpaired) electrons. The van der Waals surface area contributed by atoms with Gasteiger partial charge in [0.2, 0.25) is 5.91 Å². The molecule has 3 aliphatic heterocycles. The van der Waals surface area contributed by atoms with E-state index in [9.17, 15) is 14.4 Å². The van der Waals surface area contributed by atoms with Crippen LogP contribution in [0.2, 0.25) is 0 Å². The van der Waals surface area contributed by atoms with E-state index in [0.717, 1.165) is 62.8 Å². The number of aromatic amines is 1. The van der Waals surface area contributed by atoms with Crippen LogP contribution in [0.25, 0.3) is 38.9 Å². The van der Waals surface area contributed by atoms with Crippen LogP contribution in [0.1, 0.15) is 71.3 Å². The lowest BCUT2D eigenvalue weighted by atomic mass is 9.98. The highest BCUT2D eigenvalue weighted by Gasteiger charge is 2.40. The van der Waals surface area contributed by atoms with Crippen molar-refractivity contribution in [3.8, 4) is 22.4 Å². The first-order valence-electron chi connectivity index (χ1n) is 19.0. The Morgan fingerprint density at radius 1 is 0.945 bits per heavy atom. The van der Waals surface area contributed by atoms with Gasteiger partial charge in [0.05, 0.1) is 36.8 Å². The molecule has 288 valence electrons. The second-order valence-corrected chi connectivity index (χ2v) is 16.1. The zero-order chi connectivity index (χ0) is 39.0. The second-order valence-electron chi connectivity index (χ2n) is 16.1. The van der Waals surface area contributed by atoms with Crippen molar-refractivity contribution in [2.75, 3.05) is 20.2 Å². The van der Waals surface area contributed by atoms with Crippen molar-refractivity contribution in [1.29, 1.82) is 0 Å². The van der Waals surface area contributed by atoms with Crippen molar-refractivity contribution >= 4 is 34.6 Å². The largest absolute Gasteiger partial charge is 0.453 e. The van der Waals surface area contributed by atoms with Crippen LogP contribution in [0.15, 0.2) is 85.2 Å². The fourth-order valence-corrected chi connectivity index (χ4v) is 7.73. The number of carbonyl (C=O) groups is 3. The predicted octanol–water partition coefficient (Wildman–Crippen LogP) is 7.32. The minimum absolute atomic E-state index is 0.0612. The maximum absolute atomic E-state index is 13.6. The number of hydrogen-bond donors (Lipinski definition) is 4. The van der Waals surface area contributed by atoms with E-state index in [1.165, 1.54) is 7.11 Å². The van der Waals surface area contributed by atoms with Gasteiger partial charge in [-0.05, 0) is 91.1 Å². The van der Waals surface area contributed by atoms with Crippen LogP contribution in [0.5, 0.6) is 0 Å². The summed E-state index contributed by atoms with van der Waals surface area (Å²) in [5.41, 5.74) is 6.50. The van der Waals surface area contributed by atoms with E-state index in [0.29, 0.717) is 25.3 Å². The standard InChI is InChI=1S/C43H51N7O5/c1-25(2)37(48-41(52)54-7)40(51)49-18-8-9-35(49)38-44-23-34(47-38)32-17-16-30-20-29(14-15-31(30)21-32)27-10-12-28(13-11-27)33-22-45-39(46-33)36-19-26(3)24-50(36)42(53)55-43(4,5)6/h10-17,20-23,25,35-38,44,47H,3,8-9,18-19,24H2,1-2,4-7H3,(H,45,46)(H,48,52)/t35-,36-,37-,38?/m0/s1. The molecular formula is C43H51N7O5. The number of amides is 3. The number of methoxy groups -OCH3 is 1. The molecular weight excluding hydrogens is 695 g/mol. The number of ether oxygens (including phenoxy) is 2. The maximum Gasteiger partial charge on any atom is 0.411 e. The van der Waals surface area contributed by atoms with Crippen molar-refractivity contribution in [3.05, 3.63) is 96.6 Å². The van der Waals surface area contributed by atoms with Gasteiger partial charge in [0, 0.05) is 19.3 Å². The Labute approximate surface area is 322 Å². The molecule has 55 heavy (non-hydrogen) atoms. The van der Waals surface area contributed by atoms with Crippen molar-refractivity contribution in [2.24, 2.45) is 5.92 Å². The highest BCUT2D eigenvalue weighted by molar-refractivity contribution is 5.90. The number of likely N-dealkylation sites (tertiary alicyclic amines) is 2. The number of hydrogen-bond acceptors (Lipinski definition) is 8. The van der Waals surface area contributed by atoms with E-state index in [-0.39, 0.29) is 36.2 Å². The predicted molar refractivity (Wildman–Crippen MR) is 213 cm³/mol. The van der Waals surface area contributed by atoms with Crippen molar-refractivity contribution in [1.82, 2.24) is 35.7 Å². The first-order chi connectivity index (χ1) is 26.3. The maximum atomic E-state index is 13.6. The normalized spacial score (nSPS) is 20.3. The summed E-state index contributed by atoms with van der Waals surface area (Å²) in [6, 6.07) is 20.3. The Bertz CT molecular complexity index is 2130. The average Bonchev–Trinajstić information content (AvgIpc) is 3.99. The fraction of sp³-hybridized carbons (Fsp3) is 0.395. The number of imidazole rings is 1. The molecule has 4 N–H and O–H groups in total. The molecule has 1 aromatic heterocycles.